The minimum Gasteiger partial charge on any atom is -0.398 e. The molecule has 3 heterocycles. The Balaban J connectivity index is 1.84. The van der Waals surface area contributed by atoms with Crippen molar-refractivity contribution in [2.45, 2.75) is 23.8 Å². The number of anilines is 1. The lowest BCUT2D eigenvalue weighted by molar-refractivity contribution is 0.0827. The summed E-state index contributed by atoms with van der Waals surface area (Å²) in [7, 11) is -3.62. The molecule has 1 aromatic carbocycles. The van der Waals surface area contributed by atoms with Gasteiger partial charge in [-0.1, -0.05) is 11.6 Å². The molecule has 3 fully saturated rings. The molecule has 4 rings (SSSR count). The van der Waals surface area contributed by atoms with Crippen LogP contribution in [0.1, 0.15) is 12.8 Å². The molecule has 3 aliphatic heterocycles. The van der Waals surface area contributed by atoms with Crippen LogP contribution in [-0.4, -0.2) is 39.0 Å². The van der Waals surface area contributed by atoms with Crippen molar-refractivity contribution < 1.29 is 8.42 Å². The zero-order valence-electron chi connectivity index (χ0n) is 11.0. The van der Waals surface area contributed by atoms with Gasteiger partial charge in [0.25, 0.3) is 0 Å². The van der Waals surface area contributed by atoms with Crippen LogP contribution in [0.2, 0.25) is 5.02 Å². The van der Waals surface area contributed by atoms with Crippen LogP contribution in [0.15, 0.2) is 23.1 Å². The van der Waals surface area contributed by atoms with E-state index in [9.17, 15) is 8.42 Å². The average Bonchev–Trinajstić information content (AvgIpc) is 2.42. The summed E-state index contributed by atoms with van der Waals surface area (Å²) in [4.78, 5) is 2.37. The van der Waals surface area contributed by atoms with Gasteiger partial charge in [0.05, 0.1) is 5.69 Å². The van der Waals surface area contributed by atoms with Gasteiger partial charge in [0.2, 0.25) is 10.0 Å². The number of rotatable bonds is 3. The smallest absolute Gasteiger partial charge is 0.242 e. The first-order valence-corrected chi connectivity index (χ1v) is 8.61. The lowest BCUT2D eigenvalue weighted by atomic mass is 9.85. The van der Waals surface area contributed by atoms with Crippen LogP contribution in [0.3, 0.4) is 0 Å². The van der Waals surface area contributed by atoms with E-state index < -0.39 is 10.0 Å². The highest BCUT2D eigenvalue weighted by Crippen LogP contribution is 2.29. The topological polar surface area (TPSA) is 75.4 Å². The summed E-state index contributed by atoms with van der Waals surface area (Å²) in [5.74, 6) is 0.426. The molecule has 0 radical (unpaired) electrons. The number of hydrogen-bond acceptors (Lipinski definition) is 4. The summed E-state index contributed by atoms with van der Waals surface area (Å²) in [5, 5.41) is 0.369. The van der Waals surface area contributed by atoms with E-state index in [1.165, 1.54) is 12.1 Å². The van der Waals surface area contributed by atoms with Gasteiger partial charge in [-0.2, -0.15) is 0 Å². The maximum atomic E-state index is 12.5. The fourth-order valence-electron chi connectivity index (χ4n) is 3.10. The van der Waals surface area contributed by atoms with Crippen LogP contribution >= 0.6 is 11.6 Å². The van der Waals surface area contributed by atoms with Crippen LogP contribution in [-0.2, 0) is 10.0 Å². The summed E-state index contributed by atoms with van der Waals surface area (Å²) in [5.41, 5.74) is 5.99. The molecule has 20 heavy (non-hydrogen) atoms. The van der Waals surface area contributed by atoms with Crippen LogP contribution in [0, 0.1) is 5.92 Å². The third-order valence-corrected chi connectivity index (χ3v) is 6.01. The van der Waals surface area contributed by atoms with Crippen molar-refractivity contribution in [2.24, 2.45) is 5.92 Å². The van der Waals surface area contributed by atoms with Gasteiger partial charge in [-0.3, -0.25) is 0 Å². The molecule has 0 aliphatic carbocycles. The highest BCUT2D eigenvalue weighted by atomic mass is 35.5. The van der Waals surface area contributed by atoms with Gasteiger partial charge in [-0.25, -0.2) is 13.1 Å². The molecule has 3 N–H and O–H groups in total. The van der Waals surface area contributed by atoms with Gasteiger partial charge in [0, 0.05) is 17.6 Å². The fourth-order valence-corrected chi connectivity index (χ4v) is 4.79. The zero-order valence-corrected chi connectivity index (χ0v) is 12.6. The van der Waals surface area contributed by atoms with Gasteiger partial charge in [-0.15, -0.1) is 0 Å². The monoisotopic (exact) mass is 315 g/mol. The molecule has 0 spiro atoms. The maximum Gasteiger partial charge on any atom is 0.242 e. The lowest BCUT2D eigenvalue weighted by Crippen LogP contribution is -2.57. The van der Waals surface area contributed by atoms with Crippen molar-refractivity contribution >= 4 is 27.3 Å². The Hall–Kier alpha value is -0.820. The van der Waals surface area contributed by atoms with Crippen molar-refractivity contribution in [2.75, 3.05) is 25.4 Å². The Morgan fingerprint density at radius 1 is 1.30 bits per heavy atom. The van der Waals surface area contributed by atoms with Gasteiger partial charge in [0.15, 0.2) is 0 Å². The standard InChI is InChI=1S/C13H18ClN3O2S/c14-10-1-2-11(15)13(7-10)20(18,19)16-12-8-17-5-3-9(12)4-6-17/h1-2,7,9,12,16H,3-6,8,15H2. The molecule has 5 nitrogen and oxygen atoms in total. The maximum absolute atomic E-state index is 12.5. The number of sulfonamides is 1. The van der Waals surface area contributed by atoms with Crippen molar-refractivity contribution in [1.82, 2.24) is 9.62 Å². The quantitative estimate of drug-likeness (QED) is 0.824. The normalized spacial score (nSPS) is 29.6. The number of piperidine rings is 3. The molecule has 110 valence electrons. The Morgan fingerprint density at radius 3 is 2.60 bits per heavy atom. The number of nitrogens with one attached hydrogen (secondary N) is 1. The van der Waals surface area contributed by atoms with Gasteiger partial charge >= 0.3 is 0 Å². The van der Waals surface area contributed by atoms with E-state index in [2.05, 4.69) is 9.62 Å². The number of nitrogen functional groups attached to an aromatic ring is 1. The third-order valence-electron chi connectivity index (χ3n) is 4.23. The predicted molar refractivity (Wildman–Crippen MR) is 79.1 cm³/mol. The van der Waals surface area contributed by atoms with Crippen LogP contribution in [0.5, 0.6) is 0 Å². The summed E-state index contributed by atoms with van der Waals surface area (Å²) >= 11 is 5.87. The number of nitrogens with two attached hydrogens (primary N) is 1. The number of fused-ring (bicyclic) bond motifs is 3. The molecule has 0 aromatic heterocycles. The summed E-state index contributed by atoms with van der Waals surface area (Å²) in [6.07, 6.45) is 2.11. The number of nitrogens with zero attached hydrogens (tertiary/aromatic N) is 1. The Bertz CT molecular complexity index is 612. The van der Waals surface area contributed by atoms with E-state index in [1.54, 1.807) is 6.07 Å². The van der Waals surface area contributed by atoms with E-state index in [0.717, 1.165) is 32.5 Å². The highest BCUT2D eigenvalue weighted by molar-refractivity contribution is 7.89. The molecule has 0 amide bonds. The largest absolute Gasteiger partial charge is 0.398 e. The zero-order chi connectivity index (χ0) is 14.3. The molecular formula is C13H18ClN3O2S. The summed E-state index contributed by atoms with van der Waals surface area (Å²) in [6, 6.07) is 4.49. The minimum atomic E-state index is -3.62. The van der Waals surface area contributed by atoms with Crippen molar-refractivity contribution in [1.29, 1.82) is 0 Å². The summed E-state index contributed by atoms with van der Waals surface area (Å²) < 4.78 is 27.8. The van der Waals surface area contributed by atoms with Crippen LogP contribution < -0.4 is 10.5 Å². The van der Waals surface area contributed by atoms with Gasteiger partial charge in [0.1, 0.15) is 4.90 Å². The molecule has 1 atom stereocenters. The molecule has 3 saturated heterocycles. The van der Waals surface area contributed by atoms with Crippen molar-refractivity contribution in [3.63, 3.8) is 0 Å². The van der Waals surface area contributed by atoms with Crippen molar-refractivity contribution in [3.8, 4) is 0 Å². The first kappa shape index (κ1) is 14.1. The molecular weight excluding hydrogens is 298 g/mol. The first-order valence-electron chi connectivity index (χ1n) is 6.75. The van der Waals surface area contributed by atoms with E-state index in [0.29, 0.717) is 10.9 Å². The van der Waals surface area contributed by atoms with E-state index in [4.69, 9.17) is 17.3 Å². The Labute approximate surface area is 124 Å². The summed E-state index contributed by atoms with van der Waals surface area (Å²) in [6.45, 7) is 2.93. The number of halogens is 1. The molecule has 1 unspecified atom stereocenters. The molecule has 0 saturated carbocycles. The second kappa shape index (κ2) is 5.18. The molecule has 7 heteroatoms. The van der Waals surface area contributed by atoms with Crippen molar-refractivity contribution in [3.05, 3.63) is 23.2 Å². The van der Waals surface area contributed by atoms with Gasteiger partial charge in [-0.05, 0) is 50.0 Å². The third kappa shape index (κ3) is 2.65. The minimum absolute atomic E-state index is 0.0270. The highest BCUT2D eigenvalue weighted by Gasteiger charge is 2.36. The predicted octanol–water partition coefficient (Wildman–Crippen LogP) is 1.29. The Morgan fingerprint density at radius 2 is 2.00 bits per heavy atom. The second-order valence-corrected chi connectivity index (χ2v) is 7.67. The SMILES string of the molecule is Nc1ccc(Cl)cc1S(=O)(=O)NC1CN2CCC1CC2. The molecule has 3 aliphatic rings. The molecule has 2 bridgehead atoms. The van der Waals surface area contributed by atoms with E-state index in [1.807, 2.05) is 0 Å². The van der Waals surface area contributed by atoms with Crippen LogP contribution in [0.25, 0.3) is 0 Å². The van der Waals surface area contributed by atoms with Gasteiger partial charge < -0.3 is 10.6 Å². The second-order valence-electron chi connectivity index (χ2n) is 5.55. The molecule has 1 aromatic rings. The lowest BCUT2D eigenvalue weighted by Gasteiger charge is -2.44. The van der Waals surface area contributed by atoms with Crippen LogP contribution in [0.4, 0.5) is 5.69 Å². The first-order chi connectivity index (χ1) is 9.45. The fraction of sp³-hybridized carbons (Fsp3) is 0.538. The van der Waals surface area contributed by atoms with E-state index >= 15 is 0 Å². The average molecular weight is 316 g/mol. The number of benzene rings is 1. The Kier molecular flexibility index (Phi) is 3.66. The number of hydrogen-bond donors (Lipinski definition) is 2. The van der Waals surface area contributed by atoms with E-state index in [-0.39, 0.29) is 16.6 Å².